The number of nitrogens with zero attached hydrogens (tertiary/aromatic N) is 1. The Hall–Kier alpha value is -1.77. The summed E-state index contributed by atoms with van der Waals surface area (Å²) in [5.41, 5.74) is 0.201. The standard InChI is InChI=1S/C15H13ClF3NO3S/c1-20(9-10-4-2-3-5-13(10)17)24(21,22)11-6-7-14(12(16)8-11)23-15(18)19/h2-8,15H,9H2,1H3. The Morgan fingerprint density at radius 2 is 1.88 bits per heavy atom. The zero-order valence-electron chi connectivity index (χ0n) is 12.4. The monoisotopic (exact) mass is 379 g/mol. The van der Waals surface area contributed by atoms with Crippen molar-refractivity contribution in [3.63, 3.8) is 0 Å². The number of benzene rings is 2. The second kappa shape index (κ2) is 7.42. The summed E-state index contributed by atoms with van der Waals surface area (Å²) in [5, 5.41) is -0.268. The quantitative estimate of drug-likeness (QED) is 0.764. The van der Waals surface area contributed by atoms with Gasteiger partial charge in [-0.1, -0.05) is 29.8 Å². The molecule has 0 heterocycles. The number of hydrogen-bond acceptors (Lipinski definition) is 3. The fourth-order valence-electron chi connectivity index (χ4n) is 1.97. The molecule has 0 radical (unpaired) electrons. The number of halogens is 4. The zero-order chi connectivity index (χ0) is 17.9. The van der Waals surface area contributed by atoms with Crippen LogP contribution in [-0.2, 0) is 16.6 Å². The first-order valence-electron chi connectivity index (χ1n) is 6.66. The first-order chi connectivity index (χ1) is 11.2. The predicted molar refractivity (Wildman–Crippen MR) is 83.1 cm³/mol. The highest BCUT2D eigenvalue weighted by atomic mass is 35.5. The van der Waals surface area contributed by atoms with E-state index in [1.54, 1.807) is 6.07 Å². The zero-order valence-corrected chi connectivity index (χ0v) is 14.0. The van der Waals surface area contributed by atoms with Crippen LogP contribution in [0.2, 0.25) is 5.02 Å². The van der Waals surface area contributed by atoms with E-state index in [1.165, 1.54) is 25.2 Å². The predicted octanol–water partition coefficient (Wildman–Crippen LogP) is 3.90. The molecule has 0 atom stereocenters. The summed E-state index contributed by atoms with van der Waals surface area (Å²) < 4.78 is 68.1. The maximum absolute atomic E-state index is 13.6. The lowest BCUT2D eigenvalue weighted by atomic mass is 10.2. The molecule has 9 heteroatoms. The van der Waals surface area contributed by atoms with E-state index in [0.717, 1.165) is 22.5 Å². The largest absolute Gasteiger partial charge is 0.433 e. The van der Waals surface area contributed by atoms with Crippen LogP contribution in [0, 0.1) is 5.82 Å². The van der Waals surface area contributed by atoms with E-state index >= 15 is 0 Å². The highest BCUT2D eigenvalue weighted by molar-refractivity contribution is 7.89. The Bertz CT molecular complexity index is 830. The van der Waals surface area contributed by atoms with Gasteiger partial charge in [0.2, 0.25) is 10.0 Å². The Labute approximate surface area is 142 Å². The van der Waals surface area contributed by atoms with Gasteiger partial charge < -0.3 is 4.74 Å². The first kappa shape index (κ1) is 18.6. The van der Waals surface area contributed by atoms with Crippen LogP contribution in [0.4, 0.5) is 13.2 Å². The molecule has 2 rings (SSSR count). The molecular weight excluding hydrogens is 367 g/mol. The van der Waals surface area contributed by atoms with Crippen molar-refractivity contribution in [1.82, 2.24) is 4.31 Å². The van der Waals surface area contributed by atoms with Crippen LogP contribution in [0.3, 0.4) is 0 Å². The molecule has 0 saturated carbocycles. The lowest BCUT2D eigenvalue weighted by molar-refractivity contribution is -0.0498. The van der Waals surface area contributed by atoms with Gasteiger partial charge in [0.05, 0.1) is 9.92 Å². The number of alkyl halides is 2. The van der Waals surface area contributed by atoms with Gasteiger partial charge in [-0.15, -0.1) is 0 Å². The van der Waals surface area contributed by atoms with Crippen molar-refractivity contribution in [2.75, 3.05) is 7.05 Å². The maximum atomic E-state index is 13.6. The van der Waals surface area contributed by atoms with Crippen LogP contribution in [0.25, 0.3) is 0 Å². The summed E-state index contributed by atoms with van der Waals surface area (Å²) in [6.45, 7) is -3.27. The van der Waals surface area contributed by atoms with Gasteiger partial charge in [0, 0.05) is 19.2 Å². The minimum absolute atomic E-state index is 0.193. The van der Waals surface area contributed by atoms with Crippen molar-refractivity contribution < 1.29 is 26.3 Å². The van der Waals surface area contributed by atoms with Gasteiger partial charge >= 0.3 is 6.61 Å². The second-order valence-electron chi connectivity index (χ2n) is 4.82. The van der Waals surface area contributed by atoms with E-state index in [-0.39, 0.29) is 27.8 Å². The summed E-state index contributed by atoms with van der Waals surface area (Å²) >= 11 is 5.77. The highest BCUT2D eigenvalue weighted by Gasteiger charge is 2.23. The molecule has 4 nitrogen and oxygen atoms in total. The van der Waals surface area contributed by atoms with Crippen molar-refractivity contribution in [2.45, 2.75) is 18.1 Å². The van der Waals surface area contributed by atoms with E-state index in [0.29, 0.717) is 0 Å². The van der Waals surface area contributed by atoms with Gasteiger partial charge in [-0.25, -0.2) is 12.8 Å². The van der Waals surface area contributed by atoms with Gasteiger partial charge in [0.1, 0.15) is 11.6 Å². The summed E-state index contributed by atoms with van der Waals surface area (Å²) in [6, 6.07) is 8.92. The SMILES string of the molecule is CN(Cc1ccccc1F)S(=O)(=O)c1ccc(OC(F)F)c(Cl)c1. The highest BCUT2D eigenvalue weighted by Crippen LogP contribution is 2.30. The van der Waals surface area contributed by atoms with Crippen molar-refractivity contribution >= 4 is 21.6 Å². The Balaban J connectivity index is 2.26. The van der Waals surface area contributed by atoms with Gasteiger partial charge in [-0.05, 0) is 24.3 Å². The minimum atomic E-state index is -3.98. The Kier molecular flexibility index (Phi) is 5.74. The third-order valence-corrected chi connectivity index (χ3v) is 5.27. The summed E-state index contributed by atoms with van der Waals surface area (Å²) in [5.74, 6) is -0.861. The molecular formula is C15H13ClF3NO3S. The average Bonchev–Trinajstić information content (AvgIpc) is 2.51. The van der Waals surface area contributed by atoms with Crippen LogP contribution in [0.1, 0.15) is 5.56 Å². The molecule has 2 aromatic carbocycles. The number of ether oxygens (including phenoxy) is 1. The first-order valence-corrected chi connectivity index (χ1v) is 8.47. The lowest BCUT2D eigenvalue weighted by Crippen LogP contribution is -2.27. The molecule has 0 unspecified atom stereocenters. The topological polar surface area (TPSA) is 46.6 Å². The van der Waals surface area contributed by atoms with Crippen molar-refractivity contribution in [2.24, 2.45) is 0 Å². The van der Waals surface area contributed by atoms with Crippen molar-refractivity contribution in [3.05, 3.63) is 58.9 Å². The van der Waals surface area contributed by atoms with Crippen molar-refractivity contribution in [1.29, 1.82) is 0 Å². The smallest absolute Gasteiger partial charge is 0.387 e. The molecule has 130 valence electrons. The molecule has 2 aromatic rings. The van der Waals surface area contributed by atoms with E-state index in [2.05, 4.69) is 4.74 Å². The number of hydrogen-bond donors (Lipinski definition) is 0. The fraction of sp³-hybridized carbons (Fsp3) is 0.200. The molecule has 0 aromatic heterocycles. The average molecular weight is 380 g/mol. The van der Waals surface area contributed by atoms with Crippen molar-refractivity contribution in [3.8, 4) is 5.75 Å². The van der Waals surface area contributed by atoms with Gasteiger partial charge in [0.25, 0.3) is 0 Å². The molecule has 0 N–H and O–H groups in total. The molecule has 0 fully saturated rings. The fourth-order valence-corrected chi connectivity index (χ4v) is 3.43. The molecule has 0 amide bonds. The third kappa shape index (κ3) is 4.19. The second-order valence-corrected chi connectivity index (χ2v) is 7.28. The van der Waals surface area contributed by atoms with Crippen LogP contribution in [0.15, 0.2) is 47.4 Å². The molecule has 0 saturated heterocycles. The van der Waals surface area contributed by atoms with E-state index < -0.39 is 22.5 Å². The molecule has 24 heavy (non-hydrogen) atoms. The normalized spacial score (nSPS) is 12.0. The van der Waals surface area contributed by atoms with Gasteiger partial charge in [-0.3, -0.25) is 0 Å². The van der Waals surface area contributed by atoms with Gasteiger partial charge in [0.15, 0.2) is 0 Å². The lowest BCUT2D eigenvalue weighted by Gasteiger charge is -2.18. The Morgan fingerprint density at radius 3 is 2.46 bits per heavy atom. The molecule has 0 aliphatic rings. The summed E-state index contributed by atoms with van der Waals surface area (Å²) in [6.07, 6.45) is 0. The number of sulfonamides is 1. The molecule has 0 aliphatic heterocycles. The van der Waals surface area contributed by atoms with E-state index in [9.17, 15) is 21.6 Å². The number of rotatable bonds is 6. The van der Waals surface area contributed by atoms with Crippen LogP contribution in [0.5, 0.6) is 5.75 Å². The van der Waals surface area contributed by atoms with Crippen LogP contribution < -0.4 is 4.74 Å². The molecule has 0 spiro atoms. The van der Waals surface area contributed by atoms with E-state index in [4.69, 9.17) is 11.6 Å². The van der Waals surface area contributed by atoms with Gasteiger partial charge in [-0.2, -0.15) is 13.1 Å². The van der Waals surface area contributed by atoms with E-state index in [1.807, 2.05) is 0 Å². The van der Waals surface area contributed by atoms with Crippen LogP contribution >= 0.6 is 11.6 Å². The third-order valence-electron chi connectivity index (χ3n) is 3.18. The summed E-state index contributed by atoms with van der Waals surface area (Å²) in [7, 11) is -2.71. The molecule has 0 bridgehead atoms. The minimum Gasteiger partial charge on any atom is -0.433 e. The van der Waals surface area contributed by atoms with Crippen LogP contribution in [-0.4, -0.2) is 26.4 Å². The maximum Gasteiger partial charge on any atom is 0.387 e. The molecule has 0 aliphatic carbocycles. The summed E-state index contributed by atoms with van der Waals surface area (Å²) in [4.78, 5) is -0.215. The Morgan fingerprint density at radius 1 is 1.21 bits per heavy atom.